The van der Waals surface area contributed by atoms with Crippen molar-refractivity contribution in [3.05, 3.63) is 64.1 Å². The highest BCUT2D eigenvalue weighted by molar-refractivity contribution is 9.10. The van der Waals surface area contributed by atoms with E-state index >= 15 is 0 Å². The van der Waals surface area contributed by atoms with Crippen LogP contribution in [0.15, 0.2) is 47.1 Å². The standard InChI is InChI=1S/C14H14BrFN2/c1-10(11-2-5-13(16)6-3-11)17-9-14-7-4-12(15)8-18-14/h2-8,10,17H,9H2,1H3/t10-/m0/s1. The van der Waals surface area contributed by atoms with E-state index in [9.17, 15) is 4.39 Å². The van der Waals surface area contributed by atoms with Gasteiger partial charge in [-0.25, -0.2) is 4.39 Å². The van der Waals surface area contributed by atoms with Gasteiger partial charge in [0.15, 0.2) is 0 Å². The van der Waals surface area contributed by atoms with Crippen molar-refractivity contribution in [3.63, 3.8) is 0 Å². The van der Waals surface area contributed by atoms with Gasteiger partial charge >= 0.3 is 0 Å². The normalized spacial score (nSPS) is 12.4. The van der Waals surface area contributed by atoms with Gasteiger partial charge in [0.1, 0.15) is 5.82 Å². The lowest BCUT2D eigenvalue weighted by Crippen LogP contribution is -2.18. The molecular formula is C14H14BrFN2. The van der Waals surface area contributed by atoms with Gasteiger partial charge in [-0.1, -0.05) is 12.1 Å². The Hall–Kier alpha value is -1.26. The maximum atomic E-state index is 12.8. The Morgan fingerprint density at radius 3 is 2.56 bits per heavy atom. The second-order valence-electron chi connectivity index (χ2n) is 4.12. The number of rotatable bonds is 4. The summed E-state index contributed by atoms with van der Waals surface area (Å²) in [6.07, 6.45) is 1.78. The van der Waals surface area contributed by atoms with Crippen LogP contribution in [0.4, 0.5) is 4.39 Å². The number of benzene rings is 1. The lowest BCUT2D eigenvalue weighted by molar-refractivity contribution is 0.564. The molecule has 0 unspecified atom stereocenters. The largest absolute Gasteiger partial charge is 0.305 e. The van der Waals surface area contributed by atoms with Gasteiger partial charge in [0.2, 0.25) is 0 Å². The predicted molar refractivity (Wildman–Crippen MR) is 73.6 cm³/mol. The first-order valence-corrected chi connectivity index (χ1v) is 6.54. The van der Waals surface area contributed by atoms with Gasteiger partial charge in [-0.3, -0.25) is 4.98 Å². The molecule has 2 rings (SSSR count). The van der Waals surface area contributed by atoms with Gasteiger partial charge in [0, 0.05) is 23.3 Å². The molecule has 1 aromatic heterocycles. The summed E-state index contributed by atoms with van der Waals surface area (Å²) in [5.41, 5.74) is 2.04. The number of hydrogen-bond acceptors (Lipinski definition) is 2. The number of nitrogens with zero attached hydrogens (tertiary/aromatic N) is 1. The predicted octanol–water partition coefficient (Wildman–Crippen LogP) is 3.83. The van der Waals surface area contributed by atoms with Crippen LogP contribution in [0, 0.1) is 5.82 Å². The molecule has 0 aliphatic carbocycles. The van der Waals surface area contributed by atoms with Crippen molar-refractivity contribution >= 4 is 15.9 Å². The van der Waals surface area contributed by atoms with Crippen molar-refractivity contribution in [2.75, 3.05) is 0 Å². The molecule has 0 fully saturated rings. The van der Waals surface area contributed by atoms with E-state index in [1.165, 1.54) is 12.1 Å². The van der Waals surface area contributed by atoms with Gasteiger partial charge in [-0.2, -0.15) is 0 Å². The van der Waals surface area contributed by atoms with E-state index in [0.717, 1.165) is 15.7 Å². The van der Waals surface area contributed by atoms with Crippen LogP contribution < -0.4 is 5.32 Å². The van der Waals surface area contributed by atoms with Crippen LogP contribution in [0.3, 0.4) is 0 Å². The molecule has 94 valence electrons. The second-order valence-corrected chi connectivity index (χ2v) is 5.04. The molecule has 1 heterocycles. The molecule has 4 heteroatoms. The minimum absolute atomic E-state index is 0.163. The summed E-state index contributed by atoms with van der Waals surface area (Å²) < 4.78 is 13.8. The molecule has 2 aromatic rings. The SMILES string of the molecule is C[C@H](NCc1ccc(Br)cn1)c1ccc(F)cc1. The highest BCUT2D eigenvalue weighted by Gasteiger charge is 2.05. The summed E-state index contributed by atoms with van der Waals surface area (Å²) in [5, 5.41) is 3.35. The minimum atomic E-state index is -0.208. The average molecular weight is 309 g/mol. The monoisotopic (exact) mass is 308 g/mol. The number of halogens is 2. The first-order valence-electron chi connectivity index (χ1n) is 5.74. The van der Waals surface area contributed by atoms with Gasteiger partial charge in [0.05, 0.1) is 5.69 Å². The molecule has 0 bridgehead atoms. The molecule has 0 aliphatic heterocycles. The Kier molecular flexibility index (Phi) is 4.44. The fraction of sp³-hybridized carbons (Fsp3) is 0.214. The Bertz CT molecular complexity index is 496. The first-order chi connectivity index (χ1) is 8.65. The van der Waals surface area contributed by atoms with Crippen molar-refractivity contribution in [2.24, 2.45) is 0 Å². The fourth-order valence-corrected chi connectivity index (χ4v) is 1.87. The van der Waals surface area contributed by atoms with Gasteiger partial charge < -0.3 is 5.32 Å². The van der Waals surface area contributed by atoms with E-state index in [4.69, 9.17) is 0 Å². The van der Waals surface area contributed by atoms with E-state index in [0.29, 0.717) is 6.54 Å². The van der Waals surface area contributed by atoms with E-state index in [1.807, 2.05) is 19.1 Å². The van der Waals surface area contributed by atoms with Crippen LogP contribution in [-0.4, -0.2) is 4.98 Å². The van der Waals surface area contributed by atoms with Crippen LogP contribution in [0.2, 0.25) is 0 Å². The van der Waals surface area contributed by atoms with Crippen LogP contribution in [0.1, 0.15) is 24.2 Å². The molecule has 0 amide bonds. The zero-order valence-corrected chi connectivity index (χ0v) is 11.6. The summed E-state index contributed by atoms with van der Waals surface area (Å²) in [5.74, 6) is -0.208. The summed E-state index contributed by atoms with van der Waals surface area (Å²) in [4.78, 5) is 4.29. The fourth-order valence-electron chi connectivity index (χ4n) is 1.64. The maximum absolute atomic E-state index is 12.8. The maximum Gasteiger partial charge on any atom is 0.123 e. The van der Waals surface area contributed by atoms with Crippen molar-refractivity contribution in [2.45, 2.75) is 19.5 Å². The van der Waals surface area contributed by atoms with E-state index in [1.54, 1.807) is 18.3 Å². The van der Waals surface area contributed by atoms with Crippen molar-refractivity contribution in [1.82, 2.24) is 10.3 Å². The highest BCUT2D eigenvalue weighted by Crippen LogP contribution is 2.14. The van der Waals surface area contributed by atoms with Gasteiger partial charge in [-0.15, -0.1) is 0 Å². The smallest absolute Gasteiger partial charge is 0.123 e. The van der Waals surface area contributed by atoms with Crippen molar-refractivity contribution in [1.29, 1.82) is 0 Å². The third-order valence-electron chi connectivity index (χ3n) is 2.75. The topological polar surface area (TPSA) is 24.9 Å². The van der Waals surface area contributed by atoms with Crippen LogP contribution in [-0.2, 0) is 6.54 Å². The number of nitrogens with one attached hydrogen (secondary N) is 1. The van der Waals surface area contributed by atoms with E-state index in [-0.39, 0.29) is 11.9 Å². The molecule has 0 radical (unpaired) electrons. The molecule has 0 aliphatic rings. The lowest BCUT2D eigenvalue weighted by Gasteiger charge is -2.13. The average Bonchev–Trinajstić information content (AvgIpc) is 2.38. The first kappa shape index (κ1) is 13.2. The molecule has 0 spiro atoms. The van der Waals surface area contributed by atoms with E-state index in [2.05, 4.69) is 26.2 Å². The number of aromatic nitrogens is 1. The highest BCUT2D eigenvalue weighted by atomic mass is 79.9. The van der Waals surface area contributed by atoms with Crippen LogP contribution in [0.25, 0.3) is 0 Å². The molecule has 1 aromatic carbocycles. The zero-order chi connectivity index (χ0) is 13.0. The molecule has 1 atom stereocenters. The Balaban J connectivity index is 1.93. The Morgan fingerprint density at radius 2 is 1.94 bits per heavy atom. The van der Waals surface area contributed by atoms with Crippen LogP contribution in [0.5, 0.6) is 0 Å². The van der Waals surface area contributed by atoms with Crippen molar-refractivity contribution in [3.8, 4) is 0 Å². The molecule has 0 saturated carbocycles. The Morgan fingerprint density at radius 1 is 1.22 bits per heavy atom. The summed E-state index contributed by atoms with van der Waals surface area (Å²) in [6.45, 7) is 2.73. The summed E-state index contributed by atoms with van der Waals surface area (Å²) >= 11 is 3.35. The minimum Gasteiger partial charge on any atom is -0.305 e. The van der Waals surface area contributed by atoms with Gasteiger partial charge in [-0.05, 0) is 52.7 Å². The summed E-state index contributed by atoms with van der Waals surface area (Å²) in [6, 6.07) is 10.6. The van der Waals surface area contributed by atoms with Crippen molar-refractivity contribution < 1.29 is 4.39 Å². The second kappa shape index (κ2) is 6.07. The van der Waals surface area contributed by atoms with E-state index < -0.39 is 0 Å². The zero-order valence-electron chi connectivity index (χ0n) is 10.0. The van der Waals surface area contributed by atoms with Gasteiger partial charge in [0.25, 0.3) is 0 Å². The molecule has 1 N–H and O–H groups in total. The number of pyridine rings is 1. The molecule has 2 nitrogen and oxygen atoms in total. The third kappa shape index (κ3) is 3.62. The number of hydrogen-bond donors (Lipinski definition) is 1. The molecular weight excluding hydrogens is 295 g/mol. The lowest BCUT2D eigenvalue weighted by atomic mass is 10.1. The quantitative estimate of drug-likeness (QED) is 0.928. The molecule has 0 saturated heterocycles. The molecule has 18 heavy (non-hydrogen) atoms. The van der Waals surface area contributed by atoms with Crippen LogP contribution >= 0.6 is 15.9 Å². The Labute approximate surface area is 114 Å². The summed E-state index contributed by atoms with van der Waals surface area (Å²) in [7, 11) is 0. The third-order valence-corrected chi connectivity index (χ3v) is 3.22.